The summed E-state index contributed by atoms with van der Waals surface area (Å²) in [6.07, 6.45) is 0. The minimum atomic E-state index is 0.780. The number of fused-ring (bicyclic) bond motifs is 1. The van der Waals surface area contributed by atoms with Gasteiger partial charge in [0.2, 0.25) is 0 Å². The molecule has 0 saturated carbocycles. The van der Waals surface area contributed by atoms with Gasteiger partial charge in [-0.3, -0.25) is 0 Å². The number of anilines is 2. The third-order valence-corrected chi connectivity index (χ3v) is 4.92. The van der Waals surface area contributed by atoms with Crippen LogP contribution in [0.4, 0.5) is 11.4 Å². The molecular weight excluding hydrogens is 336 g/mol. The average molecular weight is 352 g/mol. The van der Waals surface area contributed by atoms with Gasteiger partial charge in [0.05, 0.1) is 6.67 Å². The number of nitrogens with zero attached hydrogens (tertiary/aromatic N) is 2. The van der Waals surface area contributed by atoms with Gasteiger partial charge in [-0.25, -0.2) is 0 Å². The summed E-state index contributed by atoms with van der Waals surface area (Å²) in [5, 5.41) is 0.780. The number of rotatable bonds is 1. The summed E-state index contributed by atoms with van der Waals surface area (Å²) in [7, 11) is 2.13. The normalized spacial score (nSPS) is 14.4. The third-order valence-electron chi connectivity index (χ3n) is 3.82. The Morgan fingerprint density at radius 2 is 2.00 bits per heavy atom. The maximum Gasteiger partial charge on any atom is 0.0903 e. The lowest BCUT2D eigenvalue weighted by atomic mass is 10.0. The first-order valence-corrected chi connectivity index (χ1v) is 7.73. The highest BCUT2D eigenvalue weighted by molar-refractivity contribution is 9.10. The van der Waals surface area contributed by atoms with Crippen LogP contribution in [-0.4, -0.2) is 13.7 Å². The summed E-state index contributed by atoms with van der Waals surface area (Å²) in [6, 6.07) is 12.3. The maximum atomic E-state index is 6.11. The van der Waals surface area contributed by atoms with E-state index >= 15 is 0 Å². The second kappa shape index (κ2) is 5.30. The minimum Gasteiger partial charge on any atom is -0.357 e. The highest BCUT2D eigenvalue weighted by Crippen LogP contribution is 2.35. The van der Waals surface area contributed by atoms with Crippen molar-refractivity contribution in [1.29, 1.82) is 0 Å². The maximum absolute atomic E-state index is 6.11. The zero-order valence-electron chi connectivity index (χ0n) is 11.5. The second-order valence-electron chi connectivity index (χ2n) is 5.19. The number of hydrogen-bond acceptors (Lipinski definition) is 2. The Kier molecular flexibility index (Phi) is 3.65. The van der Waals surface area contributed by atoms with Crippen molar-refractivity contribution in [2.75, 3.05) is 23.5 Å². The van der Waals surface area contributed by atoms with Crippen LogP contribution in [0.3, 0.4) is 0 Å². The molecule has 104 valence electrons. The highest BCUT2D eigenvalue weighted by Gasteiger charge is 2.22. The highest BCUT2D eigenvalue weighted by atomic mass is 79.9. The van der Waals surface area contributed by atoms with Crippen molar-refractivity contribution in [1.82, 2.24) is 0 Å². The van der Waals surface area contributed by atoms with Gasteiger partial charge in [0.15, 0.2) is 0 Å². The zero-order chi connectivity index (χ0) is 14.3. The Hall–Kier alpha value is -1.19. The summed E-state index contributed by atoms with van der Waals surface area (Å²) >= 11 is 9.73. The molecule has 0 fully saturated rings. The molecule has 0 radical (unpaired) electrons. The molecule has 0 aliphatic carbocycles. The Morgan fingerprint density at radius 1 is 1.20 bits per heavy atom. The van der Waals surface area contributed by atoms with Crippen molar-refractivity contribution in [3.63, 3.8) is 0 Å². The van der Waals surface area contributed by atoms with Gasteiger partial charge in [-0.05, 0) is 48.4 Å². The summed E-state index contributed by atoms with van der Waals surface area (Å²) < 4.78 is 1.16. The lowest BCUT2D eigenvalue weighted by Crippen LogP contribution is -2.40. The molecule has 0 bridgehead atoms. The molecule has 2 aromatic rings. The first-order valence-electron chi connectivity index (χ1n) is 6.56. The van der Waals surface area contributed by atoms with Crippen LogP contribution in [-0.2, 0) is 6.54 Å². The molecule has 0 amide bonds. The van der Waals surface area contributed by atoms with Crippen LogP contribution >= 0.6 is 27.5 Å². The Balaban J connectivity index is 2.01. The molecule has 0 aromatic heterocycles. The van der Waals surface area contributed by atoms with Crippen LogP contribution in [0.25, 0.3) is 0 Å². The molecule has 0 saturated heterocycles. The Labute approximate surface area is 133 Å². The quantitative estimate of drug-likeness (QED) is 0.726. The largest absolute Gasteiger partial charge is 0.357 e. The van der Waals surface area contributed by atoms with Gasteiger partial charge in [-0.2, -0.15) is 0 Å². The molecular formula is C16H16BrClN2. The lowest BCUT2D eigenvalue weighted by molar-refractivity contribution is 0.728. The van der Waals surface area contributed by atoms with Crippen LogP contribution in [0.1, 0.15) is 11.1 Å². The Bertz CT molecular complexity index is 657. The second-order valence-corrected chi connectivity index (χ2v) is 6.48. The topological polar surface area (TPSA) is 6.48 Å². The summed E-state index contributed by atoms with van der Waals surface area (Å²) in [5.41, 5.74) is 5.15. The standard InChI is InChI=1S/C16H16BrClN2/c1-11-14-9-20(13-5-3-4-12(18)8-13)10-19(2)16(14)7-6-15(11)17/h3-8H,9-10H2,1-2H3. The molecule has 0 spiro atoms. The number of halogens is 2. The van der Waals surface area contributed by atoms with E-state index in [1.54, 1.807) is 0 Å². The Morgan fingerprint density at radius 3 is 2.75 bits per heavy atom. The SMILES string of the molecule is Cc1c(Br)ccc2c1CN(c1cccc(Cl)c1)CN2C. The molecule has 4 heteroatoms. The van der Waals surface area contributed by atoms with Crippen molar-refractivity contribution in [3.05, 3.63) is 57.0 Å². The van der Waals surface area contributed by atoms with E-state index in [9.17, 15) is 0 Å². The summed E-state index contributed by atoms with van der Waals surface area (Å²) in [4.78, 5) is 4.62. The molecule has 1 aliphatic rings. The van der Waals surface area contributed by atoms with Crippen LogP contribution in [0.5, 0.6) is 0 Å². The molecule has 0 N–H and O–H groups in total. The van der Waals surface area contributed by atoms with Crippen molar-refractivity contribution in [2.24, 2.45) is 0 Å². The van der Waals surface area contributed by atoms with E-state index in [0.29, 0.717) is 0 Å². The van der Waals surface area contributed by atoms with E-state index in [1.807, 2.05) is 18.2 Å². The van der Waals surface area contributed by atoms with Crippen molar-refractivity contribution in [3.8, 4) is 0 Å². The van der Waals surface area contributed by atoms with Crippen LogP contribution in [0.15, 0.2) is 40.9 Å². The molecule has 1 aliphatic heterocycles. The molecule has 0 atom stereocenters. The van der Waals surface area contributed by atoms with Crippen LogP contribution < -0.4 is 9.80 Å². The van der Waals surface area contributed by atoms with Crippen molar-refractivity contribution in [2.45, 2.75) is 13.5 Å². The molecule has 1 heterocycles. The number of benzene rings is 2. The summed E-state index contributed by atoms with van der Waals surface area (Å²) in [5.74, 6) is 0. The first-order chi connectivity index (χ1) is 9.56. The molecule has 20 heavy (non-hydrogen) atoms. The number of hydrogen-bond donors (Lipinski definition) is 0. The molecule has 3 rings (SSSR count). The van der Waals surface area contributed by atoms with Crippen molar-refractivity contribution < 1.29 is 0 Å². The molecule has 2 aromatic carbocycles. The van der Waals surface area contributed by atoms with E-state index in [-0.39, 0.29) is 0 Å². The van der Waals surface area contributed by atoms with Gasteiger partial charge in [0.1, 0.15) is 0 Å². The van der Waals surface area contributed by atoms with Gasteiger partial charge in [-0.1, -0.05) is 33.6 Å². The zero-order valence-corrected chi connectivity index (χ0v) is 13.9. The minimum absolute atomic E-state index is 0.780. The van der Waals surface area contributed by atoms with Gasteiger partial charge in [0, 0.05) is 34.5 Å². The first kappa shape index (κ1) is 13.8. The van der Waals surface area contributed by atoms with E-state index in [2.05, 4.69) is 57.9 Å². The van der Waals surface area contributed by atoms with Crippen molar-refractivity contribution >= 4 is 38.9 Å². The van der Waals surface area contributed by atoms with Gasteiger partial charge >= 0.3 is 0 Å². The van der Waals surface area contributed by atoms with E-state index in [4.69, 9.17) is 11.6 Å². The van der Waals surface area contributed by atoms with E-state index < -0.39 is 0 Å². The lowest BCUT2D eigenvalue weighted by Gasteiger charge is -2.38. The predicted octanol–water partition coefficient (Wildman–Crippen LogP) is 4.82. The van der Waals surface area contributed by atoms with Gasteiger partial charge in [0.25, 0.3) is 0 Å². The average Bonchev–Trinajstić information content (AvgIpc) is 2.43. The molecule has 0 unspecified atom stereocenters. The van der Waals surface area contributed by atoms with Gasteiger partial charge < -0.3 is 9.80 Å². The monoisotopic (exact) mass is 350 g/mol. The van der Waals surface area contributed by atoms with Crippen LogP contribution in [0, 0.1) is 6.92 Å². The fourth-order valence-electron chi connectivity index (χ4n) is 2.69. The van der Waals surface area contributed by atoms with Gasteiger partial charge in [-0.15, -0.1) is 0 Å². The van der Waals surface area contributed by atoms with Crippen LogP contribution in [0.2, 0.25) is 5.02 Å². The third kappa shape index (κ3) is 2.40. The van der Waals surface area contributed by atoms with E-state index in [0.717, 1.165) is 28.4 Å². The predicted molar refractivity (Wildman–Crippen MR) is 89.8 cm³/mol. The molecule has 2 nitrogen and oxygen atoms in total. The fraction of sp³-hybridized carbons (Fsp3) is 0.250. The summed E-state index contributed by atoms with van der Waals surface area (Å²) in [6.45, 7) is 3.94. The fourth-order valence-corrected chi connectivity index (χ4v) is 3.25. The van der Waals surface area contributed by atoms with E-state index in [1.165, 1.54) is 16.8 Å². The smallest absolute Gasteiger partial charge is 0.0903 e.